The minimum Gasteiger partial charge on any atom is -0.455 e. The third-order valence-corrected chi connectivity index (χ3v) is 10.4. The Kier molecular flexibility index (Phi) is 6.22. The molecular weight excluding hydrogens is 635 g/mol. The van der Waals surface area contributed by atoms with E-state index in [1.807, 2.05) is 18.2 Å². The van der Waals surface area contributed by atoms with E-state index in [0.29, 0.717) is 5.82 Å². The summed E-state index contributed by atoms with van der Waals surface area (Å²) < 4.78 is 9.15. The quantitative estimate of drug-likeness (QED) is 0.188. The van der Waals surface area contributed by atoms with E-state index in [1.54, 1.807) is 0 Å². The van der Waals surface area contributed by atoms with Gasteiger partial charge in [0.25, 0.3) is 0 Å². The summed E-state index contributed by atoms with van der Waals surface area (Å²) in [6.45, 7) is 0. The predicted octanol–water partition coefficient (Wildman–Crippen LogP) is 12.8. The van der Waals surface area contributed by atoms with Crippen LogP contribution >= 0.6 is 0 Å². The molecule has 0 radical (unpaired) electrons. The van der Waals surface area contributed by atoms with Crippen molar-refractivity contribution in [3.63, 3.8) is 0 Å². The van der Waals surface area contributed by atoms with E-state index < -0.39 is 0 Å². The van der Waals surface area contributed by atoms with Crippen molar-refractivity contribution in [3.05, 3.63) is 176 Å². The summed E-state index contributed by atoms with van der Waals surface area (Å²) in [6.07, 6.45) is 0. The molecule has 0 aliphatic heterocycles. The van der Waals surface area contributed by atoms with Gasteiger partial charge >= 0.3 is 0 Å². The van der Waals surface area contributed by atoms with Gasteiger partial charge in [-0.15, -0.1) is 0 Å². The number of hydrogen-bond donors (Lipinski definition) is 0. The maximum Gasteiger partial charge on any atom is 0.164 e. The molecule has 0 N–H and O–H groups in total. The molecule has 52 heavy (non-hydrogen) atoms. The van der Waals surface area contributed by atoms with Crippen molar-refractivity contribution in [1.29, 1.82) is 0 Å². The molecule has 0 bridgehead atoms. The number of rotatable bonds is 4. The summed E-state index contributed by atoms with van der Waals surface area (Å²) in [5.41, 5.74) is 11.2. The van der Waals surface area contributed by atoms with Crippen LogP contribution in [0.3, 0.4) is 0 Å². The van der Waals surface area contributed by atoms with Gasteiger partial charge in [0.1, 0.15) is 11.2 Å². The van der Waals surface area contributed by atoms with Gasteiger partial charge in [-0.3, -0.25) is 0 Å². The molecule has 0 saturated carbocycles. The fourth-order valence-corrected chi connectivity index (χ4v) is 7.99. The smallest absolute Gasteiger partial charge is 0.164 e. The van der Waals surface area contributed by atoms with Crippen LogP contribution in [-0.4, -0.2) is 14.5 Å². The Bertz CT molecular complexity index is 3180. The minimum atomic E-state index is 0.646. The fraction of sp³-hybridized carbons (Fsp3) is 0. The molecule has 0 aliphatic carbocycles. The van der Waals surface area contributed by atoms with Crippen molar-refractivity contribution in [3.8, 4) is 39.5 Å². The Morgan fingerprint density at radius 1 is 0.442 bits per heavy atom. The molecule has 0 aliphatic rings. The largest absolute Gasteiger partial charge is 0.455 e. The maximum absolute atomic E-state index is 6.79. The van der Waals surface area contributed by atoms with E-state index in [4.69, 9.17) is 14.4 Å². The Balaban J connectivity index is 1.14. The summed E-state index contributed by atoms with van der Waals surface area (Å²) in [5.74, 6) is 0.646. The summed E-state index contributed by atoms with van der Waals surface area (Å²) >= 11 is 0. The highest BCUT2D eigenvalue weighted by Gasteiger charge is 2.21. The van der Waals surface area contributed by atoms with Crippen molar-refractivity contribution < 1.29 is 4.42 Å². The normalized spacial score (nSPS) is 11.8. The highest BCUT2D eigenvalue weighted by atomic mass is 16.3. The molecule has 0 spiro atoms. The Hall–Kier alpha value is -7.04. The van der Waals surface area contributed by atoms with Gasteiger partial charge in [0.2, 0.25) is 0 Å². The molecule has 0 amide bonds. The van der Waals surface area contributed by atoms with Crippen molar-refractivity contribution >= 4 is 65.4 Å². The number of fused-ring (bicyclic) bond motifs is 9. The van der Waals surface area contributed by atoms with E-state index in [9.17, 15) is 0 Å². The van der Waals surface area contributed by atoms with Crippen LogP contribution in [0.2, 0.25) is 0 Å². The third kappa shape index (κ3) is 4.34. The number of aromatic nitrogens is 3. The molecule has 11 rings (SSSR count). The van der Waals surface area contributed by atoms with Crippen LogP contribution in [0.25, 0.3) is 105 Å². The average molecular weight is 664 g/mol. The van der Waals surface area contributed by atoms with Crippen molar-refractivity contribution in [2.24, 2.45) is 0 Å². The van der Waals surface area contributed by atoms with Gasteiger partial charge in [-0.25, -0.2) is 9.97 Å². The fourth-order valence-electron chi connectivity index (χ4n) is 7.99. The topological polar surface area (TPSA) is 43.9 Å². The molecule has 0 atom stereocenters. The van der Waals surface area contributed by atoms with Crippen LogP contribution in [0.5, 0.6) is 0 Å². The van der Waals surface area contributed by atoms with Crippen LogP contribution in [0, 0.1) is 0 Å². The van der Waals surface area contributed by atoms with Gasteiger partial charge in [0.15, 0.2) is 5.82 Å². The molecule has 4 nitrogen and oxygen atoms in total. The highest BCUT2D eigenvalue weighted by molar-refractivity contribution is 6.23. The second-order valence-corrected chi connectivity index (χ2v) is 13.4. The zero-order chi connectivity index (χ0) is 34.2. The number of benzene rings is 8. The van der Waals surface area contributed by atoms with Crippen LogP contribution in [0.4, 0.5) is 0 Å². The van der Waals surface area contributed by atoms with Gasteiger partial charge in [-0.2, -0.15) is 0 Å². The lowest BCUT2D eigenvalue weighted by atomic mass is 9.97. The van der Waals surface area contributed by atoms with Crippen molar-refractivity contribution in [1.82, 2.24) is 14.5 Å². The second kappa shape index (κ2) is 11.2. The molecule has 11 aromatic rings. The molecule has 0 saturated heterocycles. The molecule has 8 aromatic carbocycles. The summed E-state index contributed by atoms with van der Waals surface area (Å²) in [4.78, 5) is 10.4. The third-order valence-electron chi connectivity index (χ3n) is 10.4. The van der Waals surface area contributed by atoms with Gasteiger partial charge in [0.05, 0.1) is 27.8 Å². The molecule has 3 aromatic heterocycles. The predicted molar refractivity (Wildman–Crippen MR) is 215 cm³/mol. The number of hydrogen-bond acceptors (Lipinski definition) is 3. The average Bonchev–Trinajstić information content (AvgIpc) is 3.76. The number of para-hydroxylation sites is 3. The number of furan rings is 1. The zero-order valence-corrected chi connectivity index (χ0v) is 28.0. The standard InChI is InChI=1S/C48H29N3O/c1-3-13-30(14-4-1)46-37-20-9-11-21-41(37)49-48(50-46)40-29-33-15-7-8-18-35(33)45-39-28-32(24-26-44(39)52-47(40)45)31-23-25-43-38(27-31)36-19-10-12-22-42(36)51(43)34-16-5-2-6-17-34/h1-29H. The second-order valence-electron chi connectivity index (χ2n) is 13.4. The summed E-state index contributed by atoms with van der Waals surface area (Å²) in [5, 5.41) is 7.89. The summed E-state index contributed by atoms with van der Waals surface area (Å²) in [7, 11) is 0. The lowest BCUT2D eigenvalue weighted by Gasteiger charge is -2.11. The first-order valence-electron chi connectivity index (χ1n) is 17.6. The lowest BCUT2D eigenvalue weighted by Crippen LogP contribution is -1.95. The Labute approximate surface area is 298 Å². The summed E-state index contributed by atoms with van der Waals surface area (Å²) in [6, 6.07) is 61.9. The van der Waals surface area contributed by atoms with Crippen molar-refractivity contribution in [2.75, 3.05) is 0 Å². The highest BCUT2D eigenvalue weighted by Crippen LogP contribution is 2.43. The van der Waals surface area contributed by atoms with Gasteiger partial charge in [-0.1, -0.05) is 121 Å². The SMILES string of the molecule is c1ccc(-c2nc(-c3cc4ccccc4c4c3oc3ccc(-c5ccc6c(c5)c5ccccc5n6-c5ccccc5)cc34)nc3ccccc23)cc1. The van der Waals surface area contributed by atoms with E-state index in [-0.39, 0.29) is 0 Å². The van der Waals surface area contributed by atoms with Crippen LogP contribution in [0.1, 0.15) is 0 Å². The first-order chi connectivity index (χ1) is 25.8. The molecular formula is C48H29N3O. The van der Waals surface area contributed by atoms with Crippen LogP contribution < -0.4 is 0 Å². The number of nitrogens with zero attached hydrogens (tertiary/aromatic N) is 3. The molecule has 0 unspecified atom stereocenters. The zero-order valence-electron chi connectivity index (χ0n) is 28.0. The molecule has 3 heterocycles. The van der Waals surface area contributed by atoms with Gasteiger partial charge in [-0.05, 0) is 76.5 Å². The van der Waals surface area contributed by atoms with E-state index in [0.717, 1.165) is 77.2 Å². The molecule has 242 valence electrons. The van der Waals surface area contributed by atoms with Gasteiger partial charge < -0.3 is 8.98 Å². The van der Waals surface area contributed by atoms with Crippen molar-refractivity contribution in [2.45, 2.75) is 0 Å². The molecule has 4 heteroatoms. The van der Waals surface area contributed by atoms with E-state index >= 15 is 0 Å². The van der Waals surface area contributed by atoms with E-state index in [2.05, 4.69) is 162 Å². The van der Waals surface area contributed by atoms with Gasteiger partial charge in [0, 0.05) is 38.2 Å². The molecule has 0 fully saturated rings. The minimum absolute atomic E-state index is 0.646. The van der Waals surface area contributed by atoms with E-state index in [1.165, 1.54) is 21.8 Å². The lowest BCUT2D eigenvalue weighted by molar-refractivity contribution is 0.670. The monoisotopic (exact) mass is 663 g/mol. The maximum atomic E-state index is 6.79. The van der Waals surface area contributed by atoms with Crippen LogP contribution in [0.15, 0.2) is 180 Å². The first-order valence-corrected chi connectivity index (χ1v) is 17.6. The van der Waals surface area contributed by atoms with Crippen LogP contribution in [-0.2, 0) is 0 Å². The Morgan fingerprint density at radius 3 is 1.94 bits per heavy atom. The Morgan fingerprint density at radius 2 is 1.10 bits per heavy atom. The first kappa shape index (κ1) is 28.8.